The van der Waals surface area contributed by atoms with E-state index in [2.05, 4.69) is 17.4 Å². The van der Waals surface area contributed by atoms with E-state index in [0.29, 0.717) is 17.2 Å². The second kappa shape index (κ2) is 9.64. The monoisotopic (exact) mass is 391 g/mol. The van der Waals surface area contributed by atoms with Crippen LogP contribution in [0.4, 0.5) is 0 Å². The van der Waals surface area contributed by atoms with E-state index in [0.717, 1.165) is 16.7 Å². The average Bonchev–Trinajstić information content (AvgIpc) is 2.78. The summed E-state index contributed by atoms with van der Waals surface area (Å²) in [5.41, 5.74) is 3.08. The summed E-state index contributed by atoms with van der Waals surface area (Å²) in [7, 11) is 3.20. The van der Waals surface area contributed by atoms with E-state index in [1.165, 1.54) is 0 Å². The second-order valence-electron chi connectivity index (χ2n) is 6.58. The summed E-state index contributed by atoms with van der Waals surface area (Å²) < 4.78 is 16.3. The molecular weight excluding hydrogens is 366 g/mol. The van der Waals surface area contributed by atoms with E-state index in [1.807, 2.05) is 67.6 Å². The van der Waals surface area contributed by atoms with Crippen LogP contribution in [0.2, 0.25) is 0 Å². The molecule has 0 radical (unpaired) electrons. The maximum Gasteiger partial charge on any atom is 0.258 e. The number of carbonyl (C=O) groups excluding carboxylic acids is 1. The first-order chi connectivity index (χ1) is 14.1. The van der Waals surface area contributed by atoms with E-state index in [9.17, 15) is 4.79 Å². The van der Waals surface area contributed by atoms with Gasteiger partial charge in [-0.1, -0.05) is 42.5 Å². The van der Waals surface area contributed by atoms with Crippen molar-refractivity contribution in [1.82, 2.24) is 5.32 Å². The smallest absolute Gasteiger partial charge is 0.258 e. The summed E-state index contributed by atoms with van der Waals surface area (Å²) in [4.78, 5) is 12.3. The number of rotatable bonds is 8. The van der Waals surface area contributed by atoms with Crippen molar-refractivity contribution >= 4 is 5.91 Å². The minimum Gasteiger partial charge on any atom is -0.497 e. The number of methoxy groups -OCH3 is 2. The van der Waals surface area contributed by atoms with Crippen molar-refractivity contribution < 1.29 is 19.0 Å². The van der Waals surface area contributed by atoms with Crippen molar-refractivity contribution in [2.75, 3.05) is 20.8 Å². The highest BCUT2D eigenvalue weighted by Crippen LogP contribution is 2.29. The summed E-state index contributed by atoms with van der Waals surface area (Å²) in [6, 6.07) is 23.0. The van der Waals surface area contributed by atoms with Crippen molar-refractivity contribution in [2.45, 2.75) is 13.0 Å². The molecule has 0 saturated carbocycles. The summed E-state index contributed by atoms with van der Waals surface area (Å²) >= 11 is 0. The predicted octanol–water partition coefficient (Wildman–Crippen LogP) is 4.63. The molecule has 0 aromatic heterocycles. The highest BCUT2D eigenvalue weighted by Gasteiger charge is 2.15. The number of ether oxygens (including phenoxy) is 3. The van der Waals surface area contributed by atoms with Crippen LogP contribution in [0.25, 0.3) is 11.1 Å². The van der Waals surface area contributed by atoms with E-state index >= 15 is 0 Å². The van der Waals surface area contributed by atoms with Crippen LogP contribution < -0.4 is 19.5 Å². The molecule has 5 nitrogen and oxygen atoms in total. The summed E-state index contributed by atoms with van der Waals surface area (Å²) in [6.07, 6.45) is 0. The van der Waals surface area contributed by atoms with Crippen molar-refractivity contribution in [3.05, 3.63) is 78.4 Å². The van der Waals surface area contributed by atoms with Crippen molar-refractivity contribution in [2.24, 2.45) is 0 Å². The molecule has 5 heteroatoms. The maximum atomic E-state index is 12.3. The predicted molar refractivity (Wildman–Crippen MR) is 113 cm³/mol. The van der Waals surface area contributed by atoms with Gasteiger partial charge in [0.1, 0.15) is 17.2 Å². The first-order valence-corrected chi connectivity index (χ1v) is 9.40. The Balaban J connectivity index is 1.57. The van der Waals surface area contributed by atoms with Crippen molar-refractivity contribution in [1.29, 1.82) is 0 Å². The van der Waals surface area contributed by atoms with Gasteiger partial charge in [-0.3, -0.25) is 4.79 Å². The fourth-order valence-corrected chi connectivity index (χ4v) is 3.06. The zero-order valence-corrected chi connectivity index (χ0v) is 16.8. The Morgan fingerprint density at radius 1 is 0.862 bits per heavy atom. The molecule has 29 heavy (non-hydrogen) atoms. The van der Waals surface area contributed by atoms with Crippen LogP contribution in [0.15, 0.2) is 72.8 Å². The highest BCUT2D eigenvalue weighted by atomic mass is 16.5. The fraction of sp³-hybridized carbons (Fsp3) is 0.208. The molecule has 3 aromatic rings. The lowest BCUT2D eigenvalue weighted by atomic mass is 10.1. The third-order valence-corrected chi connectivity index (χ3v) is 4.61. The van der Waals surface area contributed by atoms with Crippen LogP contribution in [0.5, 0.6) is 17.2 Å². The zero-order chi connectivity index (χ0) is 20.6. The zero-order valence-electron chi connectivity index (χ0n) is 16.8. The van der Waals surface area contributed by atoms with Crippen molar-refractivity contribution in [3.8, 4) is 28.4 Å². The maximum absolute atomic E-state index is 12.3. The summed E-state index contributed by atoms with van der Waals surface area (Å²) in [5, 5.41) is 2.93. The molecule has 0 spiro atoms. The van der Waals surface area contributed by atoms with Crippen LogP contribution in [0, 0.1) is 0 Å². The minimum atomic E-state index is -0.253. The number of hydrogen-bond acceptors (Lipinski definition) is 4. The minimum absolute atomic E-state index is 0.0681. The lowest BCUT2D eigenvalue weighted by Gasteiger charge is -2.18. The second-order valence-corrected chi connectivity index (χ2v) is 6.58. The summed E-state index contributed by atoms with van der Waals surface area (Å²) in [6.45, 7) is 1.82. The van der Waals surface area contributed by atoms with Gasteiger partial charge < -0.3 is 19.5 Å². The lowest BCUT2D eigenvalue weighted by molar-refractivity contribution is -0.123. The molecule has 0 bridgehead atoms. The van der Waals surface area contributed by atoms with Crippen molar-refractivity contribution in [3.63, 3.8) is 0 Å². The Bertz CT molecular complexity index is 939. The van der Waals surface area contributed by atoms with Crippen LogP contribution >= 0.6 is 0 Å². The van der Waals surface area contributed by atoms with Crippen LogP contribution in [0.3, 0.4) is 0 Å². The summed E-state index contributed by atoms with van der Waals surface area (Å²) in [5.74, 6) is 1.83. The number of nitrogens with one attached hydrogen (secondary N) is 1. The first kappa shape index (κ1) is 20.3. The van der Waals surface area contributed by atoms with Gasteiger partial charge >= 0.3 is 0 Å². The number of benzene rings is 3. The van der Waals surface area contributed by atoms with Gasteiger partial charge in [0.2, 0.25) is 0 Å². The first-order valence-electron chi connectivity index (χ1n) is 9.40. The van der Waals surface area contributed by atoms with Crippen LogP contribution in [-0.4, -0.2) is 26.7 Å². The molecule has 0 fully saturated rings. The SMILES string of the molecule is COc1ccc(OC)c(C(C)NC(=O)COc2ccc(-c3ccccc3)cc2)c1. The Morgan fingerprint density at radius 3 is 2.17 bits per heavy atom. The van der Waals surface area contributed by atoms with Gasteiger partial charge in [-0.25, -0.2) is 0 Å². The standard InChI is InChI=1S/C24H25NO4/c1-17(22-15-21(27-2)13-14-23(22)28-3)25-24(26)16-29-20-11-9-19(10-12-20)18-7-5-4-6-8-18/h4-15,17H,16H2,1-3H3,(H,25,26). The molecule has 0 aliphatic heterocycles. The molecule has 1 amide bonds. The van der Waals surface area contributed by atoms with Gasteiger partial charge in [-0.15, -0.1) is 0 Å². The quantitative estimate of drug-likeness (QED) is 0.608. The Kier molecular flexibility index (Phi) is 6.74. The Morgan fingerprint density at radius 2 is 1.52 bits per heavy atom. The molecule has 3 rings (SSSR count). The molecule has 1 N–H and O–H groups in total. The van der Waals surface area contributed by atoms with Gasteiger partial charge in [-0.2, -0.15) is 0 Å². The van der Waals surface area contributed by atoms with Gasteiger partial charge in [-0.05, 0) is 48.4 Å². The molecule has 1 unspecified atom stereocenters. The third kappa shape index (κ3) is 5.29. The van der Waals surface area contributed by atoms with Gasteiger partial charge in [0.05, 0.1) is 20.3 Å². The molecule has 0 aliphatic rings. The van der Waals surface area contributed by atoms with E-state index in [-0.39, 0.29) is 18.6 Å². The molecule has 0 aliphatic carbocycles. The third-order valence-electron chi connectivity index (χ3n) is 4.61. The van der Waals surface area contributed by atoms with Crippen LogP contribution in [-0.2, 0) is 4.79 Å². The van der Waals surface area contributed by atoms with Gasteiger partial charge in [0.25, 0.3) is 5.91 Å². The topological polar surface area (TPSA) is 56.8 Å². The molecular formula is C24H25NO4. The van der Waals surface area contributed by atoms with Gasteiger partial charge in [0.15, 0.2) is 6.61 Å². The Labute approximate surface area is 171 Å². The molecule has 1 atom stereocenters. The lowest BCUT2D eigenvalue weighted by Crippen LogP contribution is -2.31. The van der Waals surface area contributed by atoms with E-state index < -0.39 is 0 Å². The average molecular weight is 391 g/mol. The fourth-order valence-electron chi connectivity index (χ4n) is 3.06. The van der Waals surface area contributed by atoms with Gasteiger partial charge in [0, 0.05) is 5.56 Å². The number of hydrogen-bond donors (Lipinski definition) is 1. The Hall–Kier alpha value is -3.47. The molecule has 0 heterocycles. The van der Waals surface area contributed by atoms with Crippen LogP contribution in [0.1, 0.15) is 18.5 Å². The number of amides is 1. The normalized spacial score (nSPS) is 11.4. The molecule has 3 aromatic carbocycles. The number of carbonyl (C=O) groups is 1. The highest BCUT2D eigenvalue weighted by molar-refractivity contribution is 5.78. The van der Waals surface area contributed by atoms with E-state index in [4.69, 9.17) is 14.2 Å². The molecule has 0 saturated heterocycles. The van der Waals surface area contributed by atoms with E-state index in [1.54, 1.807) is 14.2 Å². The molecule has 150 valence electrons. The largest absolute Gasteiger partial charge is 0.497 e.